The van der Waals surface area contributed by atoms with E-state index in [1.54, 1.807) is 0 Å². The highest BCUT2D eigenvalue weighted by atomic mass is 16.5. The van der Waals surface area contributed by atoms with Gasteiger partial charge in [0.25, 0.3) is 0 Å². The van der Waals surface area contributed by atoms with E-state index in [1.807, 2.05) is 18.2 Å². The molecule has 1 aromatic rings. The van der Waals surface area contributed by atoms with Crippen molar-refractivity contribution in [1.82, 2.24) is 10.6 Å². The van der Waals surface area contributed by atoms with Gasteiger partial charge in [0.2, 0.25) is 0 Å². The zero-order chi connectivity index (χ0) is 19.3. The van der Waals surface area contributed by atoms with E-state index in [0.29, 0.717) is 19.1 Å². The first-order valence-corrected chi connectivity index (χ1v) is 10.1. The zero-order valence-corrected chi connectivity index (χ0v) is 17.0. The molecule has 1 fully saturated rings. The summed E-state index contributed by atoms with van der Waals surface area (Å²) in [5.74, 6) is 2.23. The number of hydrogen-bond donors (Lipinski definition) is 2. The summed E-state index contributed by atoms with van der Waals surface area (Å²) in [6, 6.07) is 8.11. The largest absolute Gasteiger partial charge is 0.493 e. The van der Waals surface area contributed by atoms with Gasteiger partial charge >= 0.3 is 0 Å². The van der Waals surface area contributed by atoms with Crippen LogP contribution in [-0.2, 0) is 16.0 Å². The second-order valence-electron chi connectivity index (χ2n) is 7.14. The molecule has 2 rings (SSSR count). The van der Waals surface area contributed by atoms with Crippen molar-refractivity contribution >= 4 is 5.96 Å². The van der Waals surface area contributed by atoms with Crippen LogP contribution in [0.1, 0.15) is 39.2 Å². The van der Waals surface area contributed by atoms with Crippen molar-refractivity contribution in [3.05, 3.63) is 29.8 Å². The Bertz CT molecular complexity index is 557. The number of nitrogens with zero attached hydrogens (tertiary/aromatic N) is 1. The third-order valence-electron chi connectivity index (χ3n) is 4.15. The van der Waals surface area contributed by atoms with E-state index >= 15 is 0 Å². The van der Waals surface area contributed by atoms with Gasteiger partial charge < -0.3 is 24.8 Å². The second kappa shape index (κ2) is 12.6. The van der Waals surface area contributed by atoms with Crippen LogP contribution < -0.4 is 15.4 Å². The van der Waals surface area contributed by atoms with E-state index in [1.165, 1.54) is 0 Å². The Labute approximate surface area is 163 Å². The van der Waals surface area contributed by atoms with Crippen molar-refractivity contribution < 1.29 is 14.2 Å². The van der Waals surface area contributed by atoms with E-state index in [0.717, 1.165) is 63.0 Å². The lowest BCUT2D eigenvalue weighted by Gasteiger charge is -2.14. The monoisotopic (exact) mass is 377 g/mol. The molecule has 2 N–H and O–H groups in total. The average molecular weight is 378 g/mol. The standard InChI is InChI=1S/C21H35N3O3/c1-4-22-21(23-11-7-12-26-19-10-13-25-16-19)24-14-18-8-5-6-9-20(18)27-15-17(2)3/h5-6,8-9,17,19H,4,7,10-16H2,1-3H3,(H2,22,23,24). The number of aliphatic imine (C=N–C) groups is 1. The van der Waals surface area contributed by atoms with Gasteiger partial charge in [0, 0.05) is 31.9 Å². The van der Waals surface area contributed by atoms with Crippen LogP contribution in [0.2, 0.25) is 0 Å². The number of rotatable bonds is 11. The number of ether oxygens (including phenoxy) is 3. The Morgan fingerprint density at radius 2 is 2.15 bits per heavy atom. The second-order valence-corrected chi connectivity index (χ2v) is 7.14. The van der Waals surface area contributed by atoms with Crippen LogP contribution in [0.25, 0.3) is 0 Å². The number of hydrogen-bond acceptors (Lipinski definition) is 4. The van der Waals surface area contributed by atoms with E-state index in [-0.39, 0.29) is 6.10 Å². The minimum atomic E-state index is 0.272. The first-order chi connectivity index (χ1) is 13.2. The third-order valence-corrected chi connectivity index (χ3v) is 4.15. The molecule has 1 aliphatic heterocycles. The summed E-state index contributed by atoms with van der Waals surface area (Å²) in [6.07, 6.45) is 2.22. The van der Waals surface area contributed by atoms with Crippen LogP contribution >= 0.6 is 0 Å². The molecular weight excluding hydrogens is 342 g/mol. The van der Waals surface area contributed by atoms with E-state index < -0.39 is 0 Å². The topological polar surface area (TPSA) is 64.1 Å². The summed E-state index contributed by atoms with van der Waals surface area (Å²) < 4.78 is 17.0. The molecule has 1 unspecified atom stereocenters. The number of benzene rings is 1. The summed E-state index contributed by atoms with van der Waals surface area (Å²) in [6.45, 7) is 11.6. The molecule has 6 heteroatoms. The first kappa shape index (κ1) is 21.5. The molecule has 1 aromatic carbocycles. The van der Waals surface area contributed by atoms with Crippen molar-refractivity contribution in [3.8, 4) is 5.75 Å². The van der Waals surface area contributed by atoms with E-state index in [9.17, 15) is 0 Å². The smallest absolute Gasteiger partial charge is 0.191 e. The SMILES string of the molecule is CCNC(=NCc1ccccc1OCC(C)C)NCCCOC1CCOC1. The highest BCUT2D eigenvalue weighted by Crippen LogP contribution is 2.19. The predicted molar refractivity (Wildman–Crippen MR) is 109 cm³/mol. The molecule has 0 amide bonds. The van der Waals surface area contributed by atoms with Crippen LogP contribution in [0.3, 0.4) is 0 Å². The summed E-state index contributed by atoms with van der Waals surface area (Å²) in [7, 11) is 0. The lowest BCUT2D eigenvalue weighted by atomic mass is 10.2. The van der Waals surface area contributed by atoms with Crippen LogP contribution in [0.4, 0.5) is 0 Å². The van der Waals surface area contributed by atoms with Gasteiger partial charge in [-0.3, -0.25) is 0 Å². The summed E-state index contributed by atoms with van der Waals surface area (Å²) >= 11 is 0. The maximum absolute atomic E-state index is 5.92. The molecule has 27 heavy (non-hydrogen) atoms. The maximum atomic E-state index is 5.92. The van der Waals surface area contributed by atoms with Gasteiger partial charge in [-0.1, -0.05) is 32.0 Å². The molecule has 0 spiro atoms. The van der Waals surface area contributed by atoms with Crippen molar-refractivity contribution in [2.45, 2.75) is 46.3 Å². The van der Waals surface area contributed by atoms with Crippen molar-refractivity contribution in [2.24, 2.45) is 10.9 Å². The number of nitrogens with one attached hydrogen (secondary N) is 2. The van der Waals surface area contributed by atoms with Crippen molar-refractivity contribution in [3.63, 3.8) is 0 Å². The van der Waals surface area contributed by atoms with Crippen molar-refractivity contribution in [2.75, 3.05) is 39.5 Å². The van der Waals surface area contributed by atoms with Gasteiger partial charge in [-0.15, -0.1) is 0 Å². The van der Waals surface area contributed by atoms with Gasteiger partial charge in [-0.25, -0.2) is 4.99 Å². The summed E-state index contributed by atoms with van der Waals surface area (Å²) in [4.78, 5) is 4.70. The fourth-order valence-electron chi connectivity index (χ4n) is 2.71. The fraction of sp³-hybridized carbons (Fsp3) is 0.667. The number of para-hydroxylation sites is 1. The minimum Gasteiger partial charge on any atom is -0.493 e. The third kappa shape index (κ3) is 8.63. The van der Waals surface area contributed by atoms with Crippen LogP contribution in [-0.4, -0.2) is 51.6 Å². The quantitative estimate of drug-likeness (QED) is 0.353. The van der Waals surface area contributed by atoms with Crippen LogP contribution in [0, 0.1) is 5.92 Å². The minimum absolute atomic E-state index is 0.272. The van der Waals surface area contributed by atoms with E-state index in [4.69, 9.17) is 19.2 Å². The summed E-state index contributed by atoms with van der Waals surface area (Å²) in [5.41, 5.74) is 1.10. The van der Waals surface area contributed by atoms with Gasteiger partial charge in [-0.05, 0) is 31.7 Å². The molecule has 0 aromatic heterocycles. The molecule has 1 atom stereocenters. The van der Waals surface area contributed by atoms with Gasteiger partial charge in [0.1, 0.15) is 5.75 Å². The molecule has 1 heterocycles. The molecule has 6 nitrogen and oxygen atoms in total. The highest BCUT2D eigenvalue weighted by molar-refractivity contribution is 5.79. The fourth-order valence-corrected chi connectivity index (χ4v) is 2.71. The Hall–Kier alpha value is -1.79. The molecule has 0 radical (unpaired) electrons. The van der Waals surface area contributed by atoms with E-state index in [2.05, 4.69) is 37.5 Å². The van der Waals surface area contributed by atoms with Gasteiger partial charge in [-0.2, -0.15) is 0 Å². The van der Waals surface area contributed by atoms with Crippen LogP contribution in [0.15, 0.2) is 29.3 Å². The molecule has 0 aliphatic carbocycles. The Balaban J connectivity index is 1.78. The van der Waals surface area contributed by atoms with Gasteiger partial charge in [0.05, 0.1) is 25.9 Å². The Morgan fingerprint density at radius 3 is 2.89 bits per heavy atom. The maximum Gasteiger partial charge on any atom is 0.191 e. The average Bonchev–Trinajstić information content (AvgIpc) is 3.18. The molecule has 0 saturated carbocycles. The lowest BCUT2D eigenvalue weighted by molar-refractivity contribution is 0.0420. The van der Waals surface area contributed by atoms with Gasteiger partial charge in [0.15, 0.2) is 5.96 Å². The lowest BCUT2D eigenvalue weighted by Crippen LogP contribution is -2.38. The normalized spacial score (nSPS) is 17.3. The summed E-state index contributed by atoms with van der Waals surface area (Å²) in [5, 5.41) is 6.66. The Morgan fingerprint density at radius 1 is 1.30 bits per heavy atom. The van der Waals surface area contributed by atoms with Crippen LogP contribution in [0.5, 0.6) is 5.75 Å². The molecule has 0 bridgehead atoms. The first-order valence-electron chi connectivity index (χ1n) is 10.1. The highest BCUT2D eigenvalue weighted by Gasteiger charge is 2.15. The Kier molecular flexibility index (Phi) is 10.0. The number of guanidine groups is 1. The van der Waals surface area contributed by atoms with Crippen molar-refractivity contribution in [1.29, 1.82) is 0 Å². The predicted octanol–water partition coefficient (Wildman–Crippen LogP) is 2.97. The molecule has 152 valence electrons. The molecule has 1 aliphatic rings. The molecule has 1 saturated heterocycles. The molecular formula is C21H35N3O3. The zero-order valence-electron chi connectivity index (χ0n) is 17.0.